The van der Waals surface area contributed by atoms with Gasteiger partial charge < -0.3 is 59.2 Å². The zero-order valence-electron chi connectivity index (χ0n) is 49.6. The first-order valence-corrected chi connectivity index (χ1v) is 30.1. The molecule has 0 amide bonds. The van der Waals surface area contributed by atoms with Crippen molar-refractivity contribution in [1.29, 1.82) is 0 Å². The number of aromatic amines is 3. The zero-order chi connectivity index (χ0) is 60.6. The number of hydrogen-bond donors (Lipinski definition) is 6. The Kier molecular flexibility index (Phi) is 19.0. The van der Waals surface area contributed by atoms with Crippen LogP contribution in [0.3, 0.4) is 0 Å². The summed E-state index contributed by atoms with van der Waals surface area (Å²) in [7, 11) is 6.32. The molecule has 0 bridgehead atoms. The van der Waals surface area contributed by atoms with Crippen LogP contribution in [-0.4, -0.2) is 139 Å². The predicted octanol–water partition coefficient (Wildman–Crippen LogP) is 13.7. The van der Waals surface area contributed by atoms with Crippen LogP contribution in [0.25, 0.3) is 44.2 Å². The molecule has 13 rings (SSSR count). The van der Waals surface area contributed by atoms with Gasteiger partial charge in [0.2, 0.25) is 0 Å². The largest absolute Gasteiger partial charge is 0.508 e. The van der Waals surface area contributed by atoms with Gasteiger partial charge in [0.25, 0.3) is 0 Å². The lowest BCUT2D eigenvalue weighted by Crippen LogP contribution is -2.35. The number of H-pyrrole nitrogens is 3. The third kappa shape index (κ3) is 14.5. The normalized spacial score (nSPS) is 17.2. The summed E-state index contributed by atoms with van der Waals surface area (Å²) in [6.07, 6.45) is 0.287. The van der Waals surface area contributed by atoms with Crippen molar-refractivity contribution in [2.24, 2.45) is 0 Å². The van der Waals surface area contributed by atoms with Crippen LogP contribution >= 0.6 is 0 Å². The number of rotatable bonds is 14. The average molecular weight is 1180 g/mol. The van der Waals surface area contributed by atoms with Gasteiger partial charge in [-0.05, 0) is 126 Å². The van der Waals surface area contributed by atoms with Gasteiger partial charge >= 0.3 is 6.18 Å². The highest BCUT2D eigenvalue weighted by molar-refractivity contribution is 5.77. The maximum atomic E-state index is 13.0. The molecule has 3 atom stereocenters. The predicted molar refractivity (Wildman–Crippen MR) is 333 cm³/mol. The van der Waals surface area contributed by atoms with Crippen molar-refractivity contribution in [3.63, 3.8) is 0 Å². The number of benzene rings is 7. The number of fused-ring (bicyclic) bond motifs is 3. The van der Waals surface area contributed by atoms with Crippen LogP contribution < -0.4 is 0 Å². The summed E-state index contributed by atoms with van der Waals surface area (Å²) in [5.74, 6) is 2.03. The third-order valence-corrected chi connectivity index (χ3v) is 16.8. The summed E-state index contributed by atoms with van der Waals surface area (Å²) in [6.45, 7) is 7.86. The molecule has 7 aromatic carbocycles. The molecule has 3 unspecified atom stereocenters. The van der Waals surface area contributed by atoms with E-state index in [9.17, 15) is 28.5 Å². The maximum Gasteiger partial charge on any atom is 0.416 e. The molecular weight excluding hydrogens is 1110 g/mol. The Balaban J connectivity index is 0.000000136. The van der Waals surface area contributed by atoms with E-state index in [1.165, 1.54) is 6.07 Å². The molecule has 0 aliphatic carbocycles. The molecule has 15 nitrogen and oxygen atoms in total. The van der Waals surface area contributed by atoms with E-state index in [0.29, 0.717) is 11.6 Å². The van der Waals surface area contributed by atoms with E-state index < -0.39 is 35.8 Å². The highest BCUT2D eigenvalue weighted by Crippen LogP contribution is 2.42. The van der Waals surface area contributed by atoms with Crippen LogP contribution in [0.5, 0.6) is 17.2 Å². The first-order valence-electron chi connectivity index (χ1n) is 30.1. The summed E-state index contributed by atoms with van der Waals surface area (Å²) in [6, 6.07) is 48.1. The molecule has 3 aliphatic heterocycles. The smallest absolute Gasteiger partial charge is 0.416 e. The fourth-order valence-corrected chi connectivity index (χ4v) is 11.8. The number of imidazole rings is 3. The van der Waals surface area contributed by atoms with Gasteiger partial charge in [0, 0.05) is 61.5 Å². The molecule has 87 heavy (non-hydrogen) atoms. The zero-order valence-corrected chi connectivity index (χ0v) is 49.6. The summed E-state index contributed by atoms with van der Waals surface area (Å²) >= 11 is 0. The number of piperidine rings is 3. The van der Waals surface area contributed by atoms with Crippen molar-refractivity contribution < 1.29 is 42.7 Å². The second kappa shape index (κ2) is 27.3. The minimum absolute atomic E-state index is 0.0777. The number of phenols is 3. The van der Waals surface area contributed by atoms with E-state index >= 15 is 0 Å². The van der Waals surface area contributed by atoms with Crippen molar-refractivity contribution in [2.45, 2.75) is 94.7 Å². The number of alkyl halides is 3. The van der Waals surface area contributed by atoms with Crippen LogP contribution in [0.2, 0.25) is 0 Å². The molecule has 18 heteroatoms. The SMILES string of the molecule is CCc1cccc(C(OC2CCN(C)CC2)c2nc3ccccc3[nH]2)c1O.CN1CCC(OC(c2nc3ccccc3[nH]2)c2ccc(C(F)(F)F)cc2O)CC1.CN1CCC(OC(c2nc3ccccc3[nH]2)c2cccc(-c3ccccc3)c2O)CC1. The van der Waals surface area contributed by atoms with E-state index in [1.54, 1.807) is 0 Å². The van der Waals surface area contributed by atoms with Crippen LogP contribution in [-0.2, 0) is 26.8 Å². The first kappa shape index (κ1) is 60.6. The molecule has 454 valence electrons. The van der Waals surface area contributed by atoms with Gasteiger partial charge in [-0.2, -0.15) is 13.2 Å². The number of aromatic nitrogens is 6. The standard InChI is InChI=1S/C26H27N3O2.C22H27N3O2.C21H22F3N3O2/c1-29-16-14-19(15-17-29)31-25(26-27-22-12-5-6-13-23(22)28-26)21-11-7-10-20(24(21)30)18-8-3-2-4-9-18;1-3-15-7-6-8-17(20(15)26)21(27-16-11-13-25(2)14-12-16)22-23-18-9-4-5-10-19(18)24-22;1-27-10-8-14(9-11-27)29-19(20-25-16-4-2-3-5-17(16)26-20)15-7-6-13(12-18(15)28)21(22,23)24/h2-13,19,25,30H,14-17H2,1H3,(H,27,28);4-10,16,21,26H,3,11-14H2,1-2H3,(H,23,24);2-7,12,14,19,28H,8-11H2,1H3,(H,25,26). The van der Waals surface area contributed by atoms with Crippen molar-refractivity contribution in [2.75, 3.05) is 60.4 Å². The highest BCUT2D eigenvalue weighted by atomic mass is 19.4. The number of nitrogens with zero attached hydrogens (tertiary/aromatic N) is 6. The molecular formula is C69H76F3N9O6. The van der Waals surface area contributed by atoms with Crippen molar-refractivity contribution in [3.8, 4) is 28.4 Å². The quantitative estimate of drug-likeness (QED) is 0.0607. The minimum Gasteiger partial charge on any atom is -0.508 e. The number of likely N-dealkylation sites (tertiary alicyclic amines) is 3. The Morgan fingerprint density at radius 3 is 1.26 bits per heavy atom. The lowest BCUT2D eigenvalue weighted by molar-refractivity contribution is -0.137. The molecule has 6 N–H and O–H groups in total. The van der Waals surface area contributed by atoms with Gasteiger partial charge in [-0.15, -0.1) is 0 Å². The van der Waals surface area contributed by atoms with Gasteiger partial charge in [-0.25, -0.2) is 15.0 Å². The second-order valence-electron chi connectivity index (χ2n) is 23.1. The minimum atomic E-state index is -4.53. The average Bonchev–Trinajstić information content (AvgIpc) is 2.65. The molecule has 10 aromatic rings. The fraction of sp³-hybridized carbons (Fsp3) is 0.348. The van der Waals surface area contributed by atoms with Gasteiger partial charge in [0.1, 0.15) is 53.0 Å². The Bertz CT molecular complexity index is 3770. The topological polar surface area (TPSA) is 184 Å². The molecule has 3 aromatic heterocycles. The van der Waals surface area contributed by atoms with Crippen LogP contribution in [0.15, 0.2) is 158 Å². The van der Waals surface area contributed by atoms with Crippen molar-refractivity contribution in [3.05, 3.63) is 203 Å². The number of ether oxygens (including phenoxy) is 3. The number of aryl methyl sites for hydroxylation is 1. The Hall–Kier alpha value is -8.10. The van der Waals surface area contributed by atoms with E-state index in [4.69, 9.17) is 24.2 Å². The summed E-state index contributed by atoms with van der Waals surface area (Å²) in [5.41, 5.74) is 8.87. The molecule has 0 spiro atoms. The van der Waals surface area contributed by atoms with Crippen LogP contribution in [0.4, 0.5) is 13.2 Å². The fourth-order valence-electron chi connectivity index (χ4n) is 11.8. The van der Waals surface area contributed by atoms with E-state index in [0.717, 1.165) is 169 Å². The molecule has 3 saturated heterocycles. The number of halogens is 3. The summed E-state index contributed by atoms with van der Waals surface area (Å²) in [4.78, 5) is 31.0. The van der Waals surface area contributed by atoms with Crippen molar-refractivity contribution >= 4 is 33.1 Å². The molecule has 3 fully saturated rings. The Morgan fingerprint density at radius 1 is 0.471 bits per heavy atom. The third-order valence-electron chi connectivity index (χ3n) is 16.8. The summed E-state index contributed by atoms with van der Waals surface area (Å²) in [5, 5.41) is 32.5. The first-order chi connectivity index (χ1) is 42.1. The van der Waals surface area contributed by atoms with Gasteiger partial charge in [-0.1, -0.05) is 116 Å². The van der Waals surface area contributed by atoms with Crippen LogP contribution in [0, 0.1) is 0 Å². The monoisotopic (exact) mass is 1180 g/mol. The van der Waals surface area contributed by atoms with E-state index in [2.05, 4.69) is 48.7 Å². The number of phenolic OH excluding ortho intramolecular Hbond substituents is 3. The highest BCUT2D eigenvalue weighted by Gasteiger charge is 2.35. The number of nitrogens with one attached hydrogen (secondary N) is 3. The van der Waals surface area contributed by atoms with Crippen molar-refractivity contribution in [1.82, 2.24) is 44.6 Å². The Morgan fingerprint density at radius 2 is 0.862 bits per heavy atom. The van der Waals surface area contributed by atoms with E-state index in [-0.39, 0.29) is 29.6 Å². The van der Waals surface area contributed by atoms with Crippen LogP contribution in [0.1, 0.15) is 109 Å². The van der Waals surface area contributed by atoms with Gasteiger partial charge in [0.15, 0.2) is 0 Å². The Labute approximate surface area is 504 Å². The lowest BCUT2D eigenvalue weighted by Gasteiger charge is -2.31. The molecule has 0 radical (unpaired) electrons. The maximum absolute atomic E-state index is 13.0. The van der Waals surface area contributed by atoms with E-state index in [1.807, 2.05) is 153 Å². The lowest BCUT2D eigenvalue weighted by atomic mass is 9.98. The number of para-hydroxylation sites is 8. The second-order valence-corrected chi connectivity index (χ2v) is 23.1. The molecule has 6 heterocycles. The molecule has 0 saturated carbocycles. The van der Waals surface area contributed by atoms with Gasteiger partial charge in [-0.3, -0.25) is 0 Å². The van der Waals surface area contributed by atoms with Gasteiger partial charge in [0.05, 0.1) is 57.0 Å². The molecule has 3 aliphatic rings. The summed E-state index contributed by atoms with van der Waals surface area (Å²) < 4.78 is 58.5. The number of hydrogen-bond acceptors (Lipinski definition) is 12. The number of aromatic hydroxyl groups is 3.